The first-order valence-corrected chi connectivity index (χ1v) is 5.12. The number of hydrogen-bond donors (Lipinski definition) is 1. The fourth-order valence-electron chi connectivity index (χ4n) is 2.44. The predicted octanol–water partition coefficient (Wildman–Crippen LogP) is 1.32. The number of aromatic amines is 1. The third kappa shape index (κ3) is 0.968. The fraction of sp³-hybridized carbons (Fsp3) is 0.600. The Bertz CT molecular complexity index is 480. The van der Waals surface area contributed by atoms with Crippen LogP contribution in [0.25, 0.3) is 0 Å². The first-order chi connectivity index (χ1) is 7.44. The van der Waals surface area contributed by atoms with Crippen molar-refractivity contribution in [2.45, 2.75) is 18.3 Å². The van der Waals surface area contributed by atoms with Crippen molar-refractivity contribution in [1.82, 2.24) is 15.1 Å². The molecule has 86 valence electrons. The van der Waals surface area contributed by atoms with Crippen molar-refractivity contribution >= 4 is 5.91 Å². The highest BCUT2D eigenvalue weighted by molar-refractivity contribution is 5.94. The molecule has 2 aliphatic carbocycles. The van der Waals surface area contributed by atoms with Crippen molar-refractivity contribution < 1.29 is 13.6 Å². The van der Waals surface area contributed by atoms with Gasteiger partial charge in [0.1, 0.15) is 5.69 Å². The van der Waals surface area contributed by atoms with Crippen molar-refractivity contribution in [3.05, 3.63) is 17.0 Å². The van der Waals surface area contributed by atoms with Crippen LogP contribution in [0.1, 0.15) is 34.1 Å². The number of halogens is 2. The zero-order valence-electron chi connectivity index (χ0n) is 8.92. The van der Waals surface area contributed by atoms with Crippen molar-refractivity contribution in [2.75, 3.05) is 14.1 Å². The molecule has 16 heavy (non-hydrogen) atoms. The summed E-state index contributed by atoms with van der Waals surface area (Å²) in [6, 6.07) is 0. The topological polar surface area (TPSA) is 49.0 Å². The van der Waals surface area contributed by atoms with Gasteiger partial charge in [-0.25, -0.2) is 0 Å². The van der Waals surface area contributed by atoms with Gasteiger partial charge in [0.05, 0.1) is 0 Å². The molecule has 1 N–H and O–H groups in total. The monoisotopic (exact) mass is 227 g/mol. The van der Waals surface area contributed by atoms with Gasteiger partial charge in [-0.3, -0.25) is 9.89 Å². The van der Waals surface area contributed by atoms with Crippen LogP contribution in [0.4, 0.5) is 8.78 Å². The molecule has 1 heterocycles. The minimum absolute atomic E-state index is 0.154. The molecule has 3 rings (SSSR count). The van der Waals surface area contributed by atoms with E-state index >= 15 is 0 Å². The molecular weight excluding hydrogens is 216 g/mol. The van der Waals surface area contributed by atoms with E-state index in [0.717, 1.165) is 0 Å². The summed E-state index contributed by atoms with van der Waals surface area (Å²) in [4.78, 5) is 13.1. The molecule has 0 spiro atoms. The van der Waals surface area contributed by atoms with Gasteiger partial charge < -0.3 is 4.90 Å². The number of hydrogen-bond acceptors (Lipinski definition) is 2. The summed E-state index contributed by atoms with van der Waals surface area (Å²) >= 11 is 0. The molecule has 4 nitrogen and oxygen atoms in total. The average molecular weight is 227 g/mol. The quantitative estimate of drug-likeness (QED) is 0.786. The number of aromatic nitrogens is 2. The van der Waals surface area contributed by atoms with E-state index in [1.807, 2.05) is 0 Å². The van der Waals surface area contributed by atoms with E-state index in [0.29, 0.717) is 12.0 Å². The summed E-state index contributed by atoms with van der Waals surface area (Å²) < 4.78 is 27.3. The van der Waals surface area contributed by atoms with E-state index in [1.165, 1.54) is 4.90 Å². The summed E-state index contributed by atoms with van der Waals surface area (Å²) in [5, 5.41) is 6.06. The molecule has 0 aliphatic heterocycles. The Morgan fingerprint density at radius 3 is 2.88 bits per heavy atom. The molecule has 1 amide bonds. The van der Waals surface area contributed by atoms with E-state index in [9.17, 15) is 13.6 Å². The lowest BCUT2D eigenvalue weighted by Crippen LogP contribution is -2.23. The molecule has 2 atom stereocenters. The standard InChI is InChI=1S/C10H11F2N3O/c1-15(2)9(16)7-6-4-3-5(4)10(11,12)8(6)14-13-7/h4-5H,3H2,1-2H3,(H,13,14)/t4?,5-/m1/s1. The van der Waals surface area contributed by atoms with Crippen molar-refractivity contribution in [3.63, 3.8) is 0 Å². The van der Waals surface area contributed by atoms with Crippen molar-refractivity contribution in [3.8, 4) is 0 Å². The zero-order valence-corrected chi connectivity index (χ0v) is 8.92. The van der Waals surface area contributed by atoms with Crippen LogP contribution in [-0.4, -0.2) is 35.1 Å². The van der Waals surface area contributed by atoms with Crippen LogP contribution < -0.4 is 0 Å². The first kappa shape index (κ1) is 9.74. The van der Waals surface area contributed by atoms with E-state index in [1.54, 1.807) is 14.1 Å². The number of nitrogens with one attached hydrogen (secondary N) is 1. The van der Waals surface area contributed by atoms with E-state index in [4.69, 9.17) is 0 Å². The molecule has 1 fully saturated rings. The summed E-state index contributed by atoms with van der Waals surface area (Å²) in [7, 11) is 3.17. The Kier molecular flexibility index (Phi) is 1.59. The maximum Gasteiger partial charge on any atom is 0.292 e. The average Bonchev–Trinajstić information content (AvgIpc) is 2.82. The predicted molar refractivity (Wildman–Crippen MR) is 51.3 cm³/mol. The van der Waals surface area contributed by atoms with Gasteiger partial charge in [-0.05, 0) is 12.3 Å². The van der Waals surface area contributed by atoms with Gasteiger partial charge in [-0.1, -0.05) is 0 Å². The van der Waals surface area contributed by atoms with Gasteiger partial charge in [-0.2, -0.15) is 13.9 Å². The highest BCUT2D eigenvalue weighted by Gasteiger charge is 2.66. The molecule has 0 aromatic carbocycles. The molecular formula is C10H11F2N3O. The Morgan fingerprint density at radius 2 is 2.25 bits per heavy atom. The maximum absolute atomic E-state index is 13.7. The second-order valence-corrected chi connectivity index (χ2v) is 4.63. The summed E-state index contributed by atoms with van der Waals surface area (Å²) in [5.41, 5.74) is 0.442. The number of H-pyrrole nitrogens is 1. The lowest BCUT2D eigenvalue weighted by molar-refractivity contribution is -0.0268. The maximum atomic E-state index is 13.7. The van der Waals surface area contributed by atoms with Gasteiger partial charge in [0.25, 0.3) is 11.8 Å². The number of nitrogens with zero attached hydrogens (tertiary/aromatic N) is 2. The molecule has 0 radical (unpaired) electrons. The van der Waals surface area contributed by atoms with Gasteiger partial charge >= 0.3 is 0 Å². The van der Waals surface area contributed by atoms with Crippen LogP contribution in [0.15, 0.2) is 0 Å². The van der Waals surface area contributed by atoms with Crippen LogP contribution in [0.5, 0.6) is 0 Å². The third-order valence-corrected chi connectivity index (χ3v) is 3.37. The molecule has 1 aromatic rings. The van der Waals surface area contributed by atoms with Crippen LogP contribution >= 0.6 is 0 Å². The Morgan fingerprint density at radius 1 is 1.56 bits per heavy atom. The van der Waals surface area contributed by atoms with Crippen LogP contribution in [0.2, 0.25) is 0 Å². The Labute approximate surface area is 90.6 Å². The van der Waals surface area contributed by atoms with E-state index in [2.05, 4.69) is 10.2 Å². The van der Waals surface area contributed by atoms with Crippen LogP contribution in [-0.2, 0) is 5.92 Å². The molecule has 0 bridgehead atoms. The summed E-state index contributed by atoms with van der Waals surface area (Å²) in [5.74, 6) is -3.95. The smallest absolute Gasteiger partial charge is 0.292 e. The zero-order chi connectivity index (χ0) is 11.7. The number of amides is 1. The SMILES string of the molecule is CN(C)C(=O)c1n[nH]c2c1C1C[C@H]1C2(F)F. The summed E-state index contributed by atoms with van der Waals surface area (Å²) in [6.07, 6.45) is 0.466. The second-order valence-electron chi connectivity index (χ2n) is 4.63. The molecule has 1 unspecified atom stereocenters. The van der Waals surface area contributed by atoms with E-state index < -0.39 is 11.8 Å². The van der Waals surface area contributed by atoms with E-state index in [-0.39, 0.29) is 23.2 Å². The number of fused-ring (bicyclic) bond motifs is 3. The highest BCUT2D eigenvalue weighted by Crippen LogP contribution is 2.67. The Balaban J connectivity index is 2.10. The molecule has 1 saturated carbocycles. The minimum atomic E-state index is -2.84. The third-order valence-electron chi connectivity index (χ3n) is 3.37. The van der Waals surface area contributed by atoms with Crippen molar-refractivity contribution in [2.24, 2.45) is 5.92 Å². The lowest BCUT2D eigenvalue weighted by Gasteiger charge is -2.10. The first-order valence-electron chi connectivity index (χ1n) is 5.12. The fourth-order valence-corrected chi connectivity index (χ4v) is 2.44. The Hall–Kier alpha value is -1.46. The summed E-state index contributed by atoms with van der Waals surface area (Å²) in [6.45, 7) is 0. The van der Waals surface area contributed by atoms with Gasteiger partial charge in [0.2, 0.25) is 0 Å². The van der Waals surface area contributed by atoms with Crippen LogP contribution in [0, 0.1) is 5.92 Å². The van der Waals surface area contributed by atoms with Gasteiger partial charge in [0.15, 0.2) is 5.69 Å². The van der Waals surface area contributed by atoms with Crippen molar-refractivity contribution in [1.29, 1.82) is 0 Å². The normalized spacial score (nSPS) is 28.5. The molecule has 2 aliphatic rings. The molecule has 6 heteroatoms. The second kappa shape index (κ2) is 2.61. The molecule has 0 saturated heterocycles. The lowest BCUT2D eigenvalue weighted by atomic mass is 10.1. The highest BCUT2D eigenvalue weighted by atomic mass is 19.3. The van der Waals surface area contributed by atoms with Gasteiger partial charge in [-0.15, -0.1) is 0 Å². The number of rotatable bonds is 1. The van der Waals surface area contributed by atoms with Crippen LogP contribution in [0.3, 0.4) is 0 Å². The minimum Gasteiger partial charge on any atom is -0.343 e. The number of alkyl halides is 2. The number of carbonyl (C=O) groups excluding carboxylic acids is 1. The van der Waals surface area contributed by atoms with Gasteiger partial charge in [0, 0.05) is 25.6 Å². The number of carbonyl (C=O) groups is 1. The molecule has 1 aromatic heterocycles. The largest absolute Gasteiger partial charge is 0.343 e.